The standard InChI is InChI=1S/C16H16FNO3/c1-15(2)11-7-8-16(15,13(20)12(11)19)14(21)18-10-5-3-9(17)4-6-10/h3-6,11H,7-8H2,1-2H3,(H,18,21)/t11-,16-/m0/s1. The van der Waals surface area contributed by atoms with E-state index < -0.39 is 34.1 Å². The predicted molar refractivity (Wildman–Crippen MR) is 74.0 cm³/mol. The quantitative estimate of drug-likeness (QED) is 0.671. The van der Waals surface area contributed by atoms with Gasteiger partial charge in [0.25, 0.3) is 0 Å². The summed E-state index contributed by atoms with van der Waals surface area (Å²) in [6.45, 7) is 3.61. The number of benzene rings is 1. The number of nitrogens with one attached hydrogen (secondary N) is 1. The molecule has 110 valence electrons. The third-order valence-corrected chi connectivity index (χ3v) is 5.20. The number of rotatable bonds is 2. The van der Waals surface area contributed by atoms with Gasteiger partial charge >= 0.3 is 0 Å². The largest absolute Gasteiger partial charge is 0.325 e. The molecule has 0 heterocycles. The molecule has 2 saturated carbocycles. The van der Waals surface area contributed by atoms with Crippen LogP contribution in [-0.2, 0) is 14.4 Å². The number of anilines is 1. The average molecular weight is 289 g/mol. The van der Waals surface area contributed by atoms with Crippen molar-refractivity contribution in [2.75, 3.05) is 5.32 Å². The third-order valence-electron chi connectivity index (χ3n) is 5.20. The van der Waals surface area contributed by atoms with Gasteiger partial charge in [0.2, 0.25) is 17.5 Å². The van der Waals surface area contributed by atoms with Crippen molar-refractivity contribution in [1.29, 1.82) is 0 Å². The molecule has 4 nitrogen and oxygen atoms in total. The van der Waals surface area contributed by atoms with E-state index in [-0.39, 0.29) is 5.92 Å². The van der Waals surface area contributed by atoms with Crippen molar-refractivity contribution >= 4 is 23.2 Å². The van der Waals surface area contributed by atoms with Gasteiger partial charge in [-0.15, -0.1) is 0 Å². The molecule has 3 rings (SSSR count). The van der Waals surface area contributed by atoms with E-state index in [4.69, 9.17) is 0 Å². The Balaban J connectivity index is 1.95. The maximum Gasteiger partial charge on any atom is 0.239 e. The molecule has 2 atom stereocenters. The molecule has 0 radical (unpaired) electrons. The van der Waals surface area contributed by atoms with Crippen molar-refractivity contribution in [3.63, 3.8) is 0 Å². The second-order valence-electron chi connectivity index (χ2n) is 6.37. The van der Waals surface area contributed by atoms with Crippen LogP contribution < -0.4 is 5.32 Å². The third kappa shape index (κ3) is 1.63. The summed E-state index contributed by atoms with van der Waals surface area (Å²) in [6, 6.07) is 5.34. The van der Waals surface area contributed by atoms with Crippen LogP contribution in [0, 0.1) is 22.6 Å². The molecule has 2 fully saturated rings. The Bertz CT molecular complexity index is 650. The topological polar surface area (TPSA) is 63.2 Å². The molecule has 1 aromatic carbocycles. The summed E-state index contributed by atoms with van der Waals surface area (Å²) < 4.78 is 12.9. The van der Waals surface area contributed by atoms with Crippen LogP contribution in [0.15, 0.2) is 24.3 Å². The molecule has 0 unspecified atom stereocenters. The van der Waals surface area contributed by atoms with E-state index in [0.717, 1.165) is 0 Å². The molecule has 1 N–H and O–H groups in total. The highest BCUT2D eigenvalue weighted by molar-refractivity contribution is 6.48. The molecule has 2 aliphatic carbocycles. The van der Waals surface area contributed by atoms with Crippen LogP contribution in [0.4, 0.5) is 10.1 Å². The van der Waals surface area contributed by atoms with Gasteiger partial charge in [0.15, 0.2) is 0 Å². The first-order valence-electron chi connectivity index (χ1n) is 6.96. The van der Waals surface area contributed by atoms with E-state index >= 15 is 0 Å². The van der Waals surface area contributed by atoms with Crippen molar-refractivity contribution in [1.82, 2.24) is 0 Å². The number of fused-ring (bicyclic) bond motifs is 2. The Morgan fingerprint density at radius 2 is 1.86 bits per heavy atom. The molecule has 0 aliphatic heterocycles. The van der Waals surface area contributed by atoms with E-state index in [1.165, 1.54) is 24.3 Å². The van der Waals surface area contributed by atoms with Gasteiger partial charge in [-0.2, -0.15) is 0 Å². The van der Waals surface area contributed by atoms with E-state index in [1.807, 2.05) is 0 Å². The number of amides is 1. The summed E-state index contributed by atoms with van der Waals surface area (Å²) >= 11 is 0. The number of carbonyl (C=O) groups is 3. The molecule has 1 aromatic rings. The Morgan fingerprint density at radius 1 is 1.24 bits per heavy atom. The number of hydrogen-bond donors (Lipinski definition) is 1. The maximum atomic E-state index is 12.9. The fraction of sp³-hybridized carbons (Fsp3) is 0.438. The lowest BCUT2D eigenvalue weighted by atomic mass is 9.68. The van der Waals surface area contributed by atoms with Crippen LogP contribution in [0.3, 0.4) is 0 Å². The van der Waals surface area contributed by atoms with Crippen molar-refractivity contribution in [2.45, 2.75) is 26.7 Å². The lowest BCUT2D eigenvalue weighted by Gasteiger charge is -2.33. The average Bonchev–Trinajstić information content (AvgIpc) is 2.78. The van der Waals surface area contributed by atoms with Crippen molar-refractivity contribution < 1.29 is 18.8 Å². The molecular formula is C16H16FNO3. The Hall–Kier alpha value is -2.04. The molecule has 2 aliphatic rings. The van der Waals surface area contributed by atoms with Gasteiger partial charge in [-0.3, -0.25) is 14.4 Å². The van der Waals surface area contributed by atoms with Gasteiger partial charge in [-0.1, -0.05) is 13.8 Å². The molecule has 0 saturated heterocycles. The summed E-state index contributed by atoms with van der Waals surface area (Å²) in [5.41, 5.74) is -1.55. The van der Waals surface area contributed by atoms with Crippen LogP contribution >= 0.6 is 0 Å². The molecule has 21 heavy (non-hydrogen) atoms. The number of hydrogen-bond acceptors (Lipinski definition) is 3. The van der Waals surface area contributed by atoms with Crippen LogP contribution in [0.25, 0.3) is 0 Å². The Morgan fingerprint density at radius 3 is 2.38 bits per heavy atom. The van der Waals surface area contributed by atoms with E-state index in [2.05, 4.69) is 5.32 Å². The number of Topliss-reactive ketones (excluding diaryl/α,β-unsaturated/α-hetero) is 2. The number of ketones is 2. The van der Waals surface area contributed by atoms with Crippen molar-refractivity contribution in [3.05, 3.63) is 30.1 Å². The van der Waals surface area contributed by atoms with Crippen LogP contribution in [-0.4, -0.2) is 17.5 Å². The van der Waals surface area contributed by atoms with Gasteiger partial charge in [0, 0.05) is 11.6 Å². The molecule has 0 aromatic heterocycles. The summed E-state index contributed by atoms with van der Waals surface area (Å²) in [6.07, 6.45) is 0.955. The summed E-state index contributed by atoms with van der Waals surface area (Å²) in [7, 11) is 0. The zero-order chi connectivity index (χ0) is 15.4. The highest BCUT2D eigenvalue weighted by Gasteiger charge is 2.72. The smallest absolute Gasteiger partial charge is 0.239 e. The van der Waals surface area contributed by atoms with E-state index in [0.29, 0.717) is 18.5 Å². The highest BCUT2D eigenvalue weighted by Crippen LogP contribution is 2.62. The monoisotopic (exact) mass is 289 g/mol. The maximum absolute atomic E-state index is 12.9. The molecule has 2 bridgehead atoms. The zero-order valence-corrected chi connectivity index (χ0v) is 11.9. The molecular weight excluding hydrogens is 273 g/mol. The number of halogens is 1. The first-order valence-corrected chi connectivity index (χ1v) is 6.96. The van der Waals surface area contributed by atoms with E-state index in [1.54, 1.807) is 13.8 Å². The second kappa shape index (κ2) is 4.23. The molecule has 0 spiro atoms. The predicted octanol–water partition coefficient (Wildman–Crippen LogP) is 2.34. The number of carbonyl (C=O) groups excluding carboxylic acids is 3. The summed E-state index contributed by atoms with van der Waals surface area (Å²) in [5.74, 6) is -2.25. The fourth-order valence-corrected chi connectivity index (χ4v) is 3.86. The minimum absolute atomic E-state index is 0.371. The SMILES string of the molecule is CC1(C)[C@H]2CC[C@@]1(C(=O)Nc1ccc(F)cc1)C(=O)C2=O. The van der Waals surface area contributed by atoms with Crippen molar-refractivity contribution in [2.24, 2.45) is 16.7 Å². The lowest BCUT2D eigenvalue weighted by Crippen LogP contribution is -2.47. The van der Waals surface area contributed by atoms with Crippen LogP contribution in [0.5, 0.6) is 0 Å². The van der Waals surface area contributed by atoms with Gasteiger partial charge in [-0.25, -0.2) is 4.39 Å². The van der Waals surface area contributed by atoms with E-state index in [9.17, 15) is 18.8 Å². The van der Waals surface area contributed by atoms with Gasteiger partial charge in [0.1, 0.15) is 11.2 Å². The summed E-state index contributed by atoms with van der Waals surface area (Å²) in [4.78, 5) is 37.0. The van der Waals surface area contributed by atoms with Crippen molar-refractivity contribution in [3.8, 4) is 0 Å². The van der Waals surface area contributed by atoms with Crippen LogP contribution in [0.2, 0.25) is 0 Å². The lowest BCUT2D eigenvalue weighted by molar-refractivity contribution is -0.147. The minimum atomic E-state index is -1.29. The van der Waals surface area contributed by atoms with Gasteiger partial charge < -0.3 is 5.32 Å². The van der Waals surface area contributed by atoms with Crippen LogP contribution in [0.1, 0.15) is 26.7 Å². The normalized spacial score (nSPS) is 29.8. The Kier molecular flexibility index (Phi) is 2.80. The molecule has 1 amide bonds. The molecule has 5 heteroatoms. The van der Waals surface area contributed by atoms with Gasteiger partial charge in [0.05, 0.1) is 0 Å². The summed E-state index contributed by atoms with van der Waals surface area (Å²) in [5, 5.41) is 2.66. The minimum Gasteiger partial charge on any atom is -0.325 e. The highest BCUT2D eigenvalue weighted by atomic mass is 19.1. The fourth-order valence-electron chi connectivity index (χ4n) is 3.86. The first kappa shape index (κ1) is 13.9. The first-order chi connectivity index (χ1) is 9.80. The second-order valence-corrected chi connectivity index (χ2v) is 6.37. The zero-order valence-electron chi connectivity index (χ0n) is 11.9. The van der Waals surface area contributed by atoms with Gasteiger partial charge in [-0.05, 0) is 42.5 Å². The Labute approximate surface area is 121 Å².